The molecule has 0 radical (unpaired) electrons. The number of piperidine rings is 1. The molecule has 0 N–H and O–H groups in total. The summed E-state index contributed by atoms with van der Waals surface area (Å²) in [6.07, 6.45) is 0.864. The van der Waals surface area contributed by atoms with Crippen LogP contribution in [0.4, 0.5) is 4.39 Å². The summed E-state index contributed by atoms with van der Waals surface area (Å²) >= 11 is 0. The predicted molar refractivity (Wildman–Crippen MR) is 178 cm³/mol. The summed E-state index contributed by atoms with van der Waals surface area (Å²) in [6, 6.07) is 19.4. The van der Waals surface area contributed by atoms with E-state index in [2.05, 4.69) is 4.90 Å². The second-order valence-electron chi connectivity index (χ2n) is 15.9. The molecule has 8 nitrogen and oxygen atoms in total. The van der Waals surface area contributed by atoms with Crippen LogP contribution in [0.3, 0.4) is 0 Å². The highest BCUT2D eigenvalue weighted by Crippen LogP contribution is 2.68. The number of ether oxygens (including phenoxy) is 3. The molecule has 0 aromatic heterocycles. The van der Waals surface area contributed by atoms with E-state index in [1.807, 2.05) is 63.2 Å². The number of nitrogens with zero attached hydrogens (tertiary/aromatic N) is 2. The summed E-state index contributed by atoms with van der Waals surface area (Å²) in [5, 5.41) is 0. The van der Waals surface area contributed by atoms with Crippen molar-refractivity contribution >= 4 is 17.8 Å². The highest BCUT2D eigenvalue weighted by atomic mass is 19.1. The van der Waals surface area contributed by atoms with E-state index in [0.717, 1.165) is 30.5 Å². The third-order valence-electron chi connectivity index (χ3n) is 11.9. The summed E-state index contributed by atoms with van der Waals surface area (Å²) in [6.45, 7) is 6.62. The maximum absolute atomic E-state index is 18.0. The van der Waals surface area contributed by atoms with Gasteiger partial charge >= 0.3 is 5.97 Å². The Kier molecular flexibility index (Phi) is 6.68. The monoisotopic (exact) mass is 664 g/mol. The maximum Gasteiger partial charge on any atom is 0.311 e. The number of halogens is 1. The number of esters is 1. The van der Waals surface area contributed by atoms with Crippen LogP contribution in [0, 0.1) is 11.3 Å². The van der Waals surface area contributed by atoms with Crippen LogP contribution in [0.15, 0.2) is 66.7 Å². The van der Waals surface area contributed by atoms with Crippen molar-refractivity contribution < 1.29 is 33.0 Å². The van der Waals surface area contributed by atoms with Gasteiger partial charge in [0.2, 0.25) is 0 Å². The number of fused-ring (bicyclic) bond motifs is 1. The quantitative estimate of drug-likeness (QED) is 0.225. The molecule has 6 aliphatic rings. The molecule has 9 heteroatoms. The van der Waals surface area contributed by atoms with Gasteiger partial charge in [-0.3, -0.25) is 24.2 Å². The highest BCUT2D eigenvalue weighted by Gasteiger charge is 2.80. The van der Waals surface area contributed by atoms with Crippen molar-refractivity contribution in [3.05, 3.63) is 94.5 Å². The number of benzene rings is 3. The van der Waals surface area contributed by atoms with Crippen LogP contribution in [0.1, 0.15) is 83.9 Å². The van der Waals surface area contributed by atoms with E-state index >= 15 is 4.39 Å². The molecule has 9 rings (SSSR count). The van der Waals surface area contributed by atoms with E-state index in [-0.39, 0.29) is 25.6 Å². The Morgan fingerprint density at radius 1 is 0.959 bits per heavy atom. The topological polar surface area (TPSA) is 85.4 Å². The average Bonchev–Trinajstić information content (AvgIpc) is 3.77. The molecule has 1 spiro atoms. The first-order chi connectivity index (χ1) is 23.5. The molecule has 0 unspecified atom stereocenters. The number of carbonyl (C=O) groups is 3. The normalized spacial score (nSPS) is 31.2. The highest BCUT2D eigenvalue weighted by molar-refractivity contribution is 6.21. The number of amides is 2. The van der Waals surface area contributed by atoms with Crippen molar-refractivity contribution in [2.75, 3.05) is 13.1 Å². The predicted octanol–water partition coefficient (Wildman–Crippen LogP) is 6.04. The van der Waals surface area contributed by atoms with Crippen LogP contribution in [-0.4, -0.2) is 70.6 Å². The minimum Gasteiger partial charge on any atom is -0.485 e. The molecule has 49 heavy (non-hydrogen) atoms. The smallest absolute Gasteiger partial charge is 0.311 e. The van der Waals surface area contributed by atoms with Crippen molar-refractivity contribution in [3.8, 4) is 11.5 Å². The Morgan fingerprint density at radius 3 is 2.33 bits per heavy atom. The lowest BCUT2D eigenvalue weighted by Gasteiger charge is -2.66. The van der Waals surface area contributed by atoms with Gasteiger partial charge in [0.1, 0.15) is 29.9 Å². The Bertz CT molecular complexity index is 1850. The summed E-state index contributed by atoms with van der Waals surface area (Å²) in [4.78, 5) is 45.6. The molecule has 6 atom stereocenters. The van der Waals surface area contributed by atoms with Crippen molar-refractivity contribution in [3.63, 3.8) is 0 Å². The van der Waals surface area contributed by atoms with Crippen LogP contribution in [0.25, 0.3) is 0 Å². The van der Waals surface area contributed by atoms with E-state index in [0.29, 0.717) is 46.9 Å². The number of alkyl halides is 1. The molecule has 3 aliphatic heterocycles. The van der Waals surface area contributed by atoms with Crippen molar-refractivity contribution in [2.24, 2.45) is 11.3 Å². The van der Waals surface area contributed by atoms with E-state index in [1.165, 1.54) is 4.90 Å². The van der Waals surface area contributed by atoms with Gasteiger partial charge in [0.15, 0.2) is 11.5 Å². The van der Waals surface area contributed by atoms with Gasteiger partial charge in [0, 0.05) is 18.7 Å². The van der Waals surface area contributed by atoms with E-state index in [9.17, 15) is 14.4 Å². The van der Waals surface area contributed by atoms with Gasteiger partial charge in [-0.25, -0.2) is 4.39 Å². The Labute approximate surface area is 285 Å². The van der Waals surface area contributed by atoms with Crippen LogP contribution < -0.4 is 9.47 Å². The number of imide groups is 1. The summed E-state index contributed by atoms with van der Waals surface area (Å²) < 4.78 is 38.3. The molecule has 3 aliphatic carbocycles. The van der Waals surface area contributed by atoms with E-state index in [1.54, 1.807) is 24.3 Å². The molecular weight excluding hydrogens is 623 g/mol. The first-order valence-electron chi connectivity index (χ1n) is 17.6. The number of hydrogen-bond donors (Lipinski definition) is 0. The molecule has 2 saturated carbocycles. The Morgan fingerprint density at radius 2 is 1.65 bits per heavy atom. The minimum atomic E-state index is -1.51. The van der Waals surface area contributed by atoms with Gasteiger partial charge in [-0.1, -0.05) is 48.5 Å². The molecule has 2 bridgehead atoms. The number of likely N-dealkylation sites (tertiary alicyclic amines) is 1. The zero-order valence-corrected chi connectivity index (χ0v) is 28.1. The largest absolute Gasteiger partial charge is 0.485 e. The zero-order valence-electron chi connectivity index (χ0n) is 28.1. The summed E-state index contributed by atoms with van der Waals surface area (Å²) in [5.41, 5.74) is -0.362. The van der Waals surface area contributed by atoms with Crippen molar-refractivity contribution in [2.45, 2.75) is 94.9 Å². The second-order valence-corrected chi connectivity index (χ2v) is 15.9. The van der Waals surface area contributed by atoms with Gasteiger partial charge in [0.05, 0.1) is 28.6 Å². The van der Waals surface area contributed by atoms with E-state index in [4.69, 9.17) is 14.2 Å². The van der Waals surface area contributed by atoms with Gasteiger partial charge in [-0.05, 0) is 88.1 Å². The van der Waals surface area contributed by atoms with Crippen LogP contribution in [0.5, 0.6) is 11.5 Å². The lowest BCUT2D eigenvalue weighted by atomic mass is 9.47. The molecule has 3 fully saturated rings. The summed E-state index contributed by atoms with van der Waals surface area (Å²) in [5.74, 6) is 0.173. The van der Waals surface area contributed by atoms with Gasteiger partial charge in [-0.15, -0.1) is 0 Å². The molecule has 1 saturated heterocycles. The molecule has 3 heterocycles. The van der Waals surface area contributed by atoms with Crippen LogP contribution in [0.2, 0.25) is 0 Å². The maximum atomic E-state index is 18.0. The lowest BCUT2D eigenvalue weighted by Crippen LogP contribution is -2.83. The molecule has 2 amide bonds. The number of rotatable bonds is 7. The lowest BCUT2D eigenvalue weighted by molar-refractivity contribution is -0.244. The van der Waals surface area contributed by atoms with Gasteiger partial charge in [0.25, 0.3) is 11.8 Å². The van der Waals surface area contributed by atoms with Crippen molar-refractivity contribution in [1.29, 1.82) is 0 Å². The molecule has 3 aromatic rings. The SMILES string of the molecule is CC(C)(C)C(=O)O[C@@]12CC[C@@H](N3C(=O)c4ccccc4C3=O)[C@@H]3Oc4c(OCc5ccccc5)ccc5c4[C@@]31[C@H](F)CN(CC1CC1)[C@H]2C5. The Balaban J connectivity index is 1.23. The fraction of sp³-hybridized carbons (Fsp3) is 0.475. The van der Waals surface area contributed by atoms with Crippen molar-refractivity contribution in [1.82, 2.24) is 9.80 Å². The fourth-order valence-corrected chi connectivity index (χ4v) is 9.56. The second kappa shape index (κ2) is 10.6. The third-order valence-corrected chi connectivity index (χ3v) is 11.9. The molecule has 254 valence electrons. The molecule has 3 aromatic carbocycles. The summed E-state index contributed by atoms with van der Waals surface area (Å²) in [7, 11) is 0. The first-order valence-corrected chi connectivity index (χ1v) is 17.6. The van der Waals surface area contributed by atoms with E-state index < -0.39 is 52.5 Å². The zero-order chi connectivity index (χ0) is 33.9. The first kappa shape index (κ1) is 30.8. The minimum absolute atomic E-state index is 0.151. The fourth-order valence-electron chi connectivity index (χ4n) is 9.56. The van der Waals surface area contributed by atoms with Gasteiger partial charge in [-0.2, -0.15) is 0 Å². The standard InChI is InChI=1S/C40H41FN2O6/c1-38(2,3)37(46)49-39-18-17-28(43-35(44)26-11-7-8-12-27(26)36(43)45)34-40(39)30(41)21-42(20-23-13-14-23)31(39)19-25-15-16-29(33(48-34)32(25)40)47-22-24-9-5-4-6-10-24/h4-12,15-16,23,28,30-31,34H,13-14,17-22H2,1-3H3/t28-,30-,31+,34+,39-,40+/m1/s1. The average molecular weight is 665 g/mol. The van der Waals surface area contributed by atoms with Gasteiger partial charge < -0.3 is 14.2 Å². The van der Waals surface area contributed by atoms with Crippen LogP contribution in [-0.2, 0) is 28.0 Å². The molecular formula is C40H41FN2O6. The third kappa shape index (κ3) is 4.27. The van der Waals surface area contributed by atoms with Crippen LogP contribution >= 0.6 is 0 Å². The number of carbonyl (C=O) groups excluding carboxylic acids is 3. The Hall–Kier alpha value is -4.24. The number of hydrogen-bond acceptors (Lipinski definition) is 7.